The summed E-state index contributed by atoms with van der Waals surface area (Å²) in [6, 6.07) is 18.2. The molecule has 0 spiro atoms. The second kappa shape index (κ2) is 8.90. The van der Waals surface area contributed by atoms with Gasteiger partial charge in [0.05, 0.1) is 6.61 Å². The number of hydrogen-bond donors (Lipinski definition) is 1. The van der Waals surface area contributed by atoms with Gasteiger partial charge in [-0.1, -0.05) is 37.1 Å². The van der Waals surface area contributed by atoms with Crippen LogP contribution in [-0.4, -0.2) is 26.8 Å². The fourth-order valence-electron chi connectivity index (χ4n) is 3.89. The fraction of sp³-hybridized carbons (Fsp3) is 0.455. The first-order valence-electron chi connectivity index (χ1n) is 9.53. The largest absolute Gasteiger partial charge is 0.383 e. The van der Waals surface area contributed by atoms with Crippen LogP contribution in [0.5, 0.6) is 0 Å². The fourth-order valence-corrected chi connectivity index (χ4v) is 3.89. The van der Waals surface area contributed by atoms with Crippen molar-refractivity contribution in [2.75, 3.05) is 31.7 Å². The Bertz CT molecular complexity index is 703. The molecule has 1 atom stereocenters. The highest BCUT2D eigenvalue weighted by molar-refractivity contribution is 5.85. The molecule has 0 radical (unpaired) electrons. The molecule has 1 unspecified atom stereocenters. The van der Waals surface area contributed by atoms with E-state index in [1.54, 1.807) is 7.11 Å². The Morgan fingerprint density at radius 2 is 1.88 bits per heavy atom. The van der Waals surface area contributed by atoms with Crippen LogP contribution in [0.3, 0.4) is 0 Å². The van der Waals surface area contributed by atoms with E-state index in [0.717, 1.165) is 32.0 Å². The van der Waals surface area contributed by atoms with Crippen molar-refractivity contribution in [2.45, 2.75) is 31.7 Å². The van der Waals surface area contributed by atoms with Crippen molar-refractivity contribution in [2.24, 2.45) is 5.92 Å². The average molecular weight is 373 g/mol. The monoisotopic (exact) mass is 372 g/mol. The van der Waals surface area contributed by atoms with Crippen LogP contribution in [-0.2, 0) is 11.2 Å². The molecule has 3 nitrogen and oxygen atoms in total. The van der Waals surface area contributed by atoms with Gasteiger partial charge in [-0.2, -0.15) is 0 Å². The van der Waals surface area contributed by atoms with Crippen LogP contribution in [0.15, 0.2) is 48.5 Å². The maximum atomic E-state index is 5.36. The molecule has 0 amide bonds. The Hall–Kier alpha value is -1.55. The van der Waals surface area contributed by atoms with Crippen LogP contribution in [0.1, 0.15) is 36.4 Å². The van der Waals surface area contributed by atoms with Crippen molar-refractivity contribution in [3.8, 4) is 0 Å². The van der Waals surface area contributed by atoms with Gasteiger partial charge in [-0.25, -0.2) is 0 Å². The van der Waals surface area contributed by atoms with Crippen molar-refractivity contribution in [3.63, 3.8) is 0 Å². The van der Waals surface area contributed by atoms with Gasteiger partial charge in [0.15, 0.2) is 0 Å². The molecule has 0 aromatic heterocycles. The summed E-state index contributed by atoms with van der Waals surface area (Å²) in [6.07, 6.45) is 5.26. The van der Waals surface area contributed by atoms with Gasteiger partial charge in [-0.05, 0) is 60.7 Å². The molecule has 1 fully saturated rings. The smallest absolute Gasteiger partial charge is 0.0642 e. The quantitative estimate of drug-likeness (QED) is 0.749. The third kappa shape index (κ3) is 4.40. The summed E-state index contributed by atoms with van der Waals surface area (Å²) in [7, 11) is 1.77. The zero-order valence-corrected chi connectivity index (χ0v) is 16.3. The lowest BCUT2D eigenvalue weighted by Crippen LogP contribution is -2.31. The van der Waals surface area contributed by atoms with E-state index in [-0.39, 0.29) is 12.4 Å². The molecular formula is C22H29ClN2O. The minimum atomic E-state index is 0. The van der Waals surface area contributed by atoms with Gasteiger partial charge >= 0.3 is 0 Å². The molecule has 0 bridgehead atoms. The minimum Gasteiger partial charge on any atom is -0.383 e. The third-order valence-electron chi connectivity index (χ3n) is 5.45. The summed E-state index contributed by atoms with van der Waals surface area (Å²) in [5.74, 6) is 0.936. The number of halogens is 1. The van der Waals surface area contributed by atoms with Gasteiger partial charge < -0.3 is 15.0 Å². The van der Waals surface area contributed by atoms with E-state index >= 15 is 0 Å². The van der Waals surface area contributed by atoms with E-state index in [1.165, 1.54) is 41.8 Å². The molecule has 1 N–H and O–H groups in total. The zero-order chi connectivity index (χ0) is 17.1. The molecule has 1 saturated carbocycles. The number of nitrogens with zero attached hydrogens (tertiary/aromatic N) is 1. The molecule has 4 rings (SSSR count). The minimum absolute atomic E-state index is 0. The van der Waals surface area contributed by atoms with E-state index in [9.17, 15) is 0 Å². The standard InChI is InChI=1S/C22H28N2O.ClH/c1-25-14-13-24(19-5-3-2-4-6-19)20-10-9-18-11-12-23-22(21(18)16-20)15-17-7-8-17;/h2-6,9-10,16-17,22-23H,7-8,11-15H2,1H3;1H. The highest BCUT2D eigenvalue weighted by Gasteiger charge is 2.29. The molecule has 1 aliphatic carbocycles. The zero-order valence-electron chi connectivity index (χ0n) is 15.5. The Kier molecular flexibility index (Phi) is 6.58. The highest BCUT2D eigenvalue weighted by Crippen LogP contribution is 2.40. The predicted molar refractivity (Wildman–Crippen MR) is 111 cm³/mol. The number of anilines is 2. The first-order chi connectivity index (χ1) is 12.3. The second-order valence-corrected chi connectivity index (χ2v) is 7.30. The number of methoxy groups -OCH3 is 1. The highest BCUT2D eigenvalue weighted by atomic mass is 35.5. The Balaban J connectivity index is 0.00000196. The van der Waals surface area contributed by atoms with Gasteiger partial charge in [0.2, 0.25) is 0 Å². The topological polar surface area (TPSA) is 24.5 Å². The maximum Gasteiger partial charge on any atom is 0.0642 e. The summed E-state index contributed by atoms with van der Waals surface area (Å²) in [5.41, 5.74) is 5.52. The number of hydrogen-bond acceptors (Lipinski definition) is 3. The van der Waals surface area contributed by atoms with E-state index < -0.39 is 0 Å². The molecule has 26 heavy (non-hydrogen) atoms. The van der Waals surface area contributed by atoms with Crippen LogP contribution in [0.2, 0.25) is 0 Å². The molecule has 140 valence electrons. The van der Waals surface area contributed by atoms with Gasteiger partial charge in [-0.15, -0.1) is 12.4 Å². The molecule has 4 heteroatoms. The van der Waals surface area contributed by atoms with Crippen molar-refractivity contribution in [1.29, 1.82) is 0 Å². The van der Waals surface area contributed by atoms with Crippen LogP contribution >= 0.6 is 12.4 Å². The van der Waals surface area contributed by atoms with Crippen LogP contribution < -0.4 is 10.2 Å². The molecule has 1 aliphatic heterocycles. The van der Waals surface area contributed by atoms with Gasteiger partial charge in [-0.3, -0.25) is 0 Å². The molecule has 1 heterocycles. The summed E-state index contributed by atoms with van der Waals surface area (Å²) in [6.45, 7) is 2.69. The molecule has 2 aromatic carbocycles. The SMILES string of the molecule is COCCN(c1ccccc1)c1ccc2c(c1)C(CC1CC1)NCC2.Cl. The van der Waals surface area contributed by atoms with Crippen molar-refractivity contribution in [3.05, 3.63) is 59.7 Å². The number of ether oxygens (including phenoxy) is 1. The summed E-state index contributed by atoms with van der Waals surface area (Å²) < 4.78 is 5.36. The van der Waals surface area contributed by atoms with Crippen molar-refractivity contribution in [1.82, 2.24) is 5.32 Å². The number of rotatable bonds is 7. The predicted octanol–water partition coefficient (Wildman–Crippen LogP) is 4.88. The lowest BCUT2D eigenvalue weighted by Gasteiger charge is -2.31. The van der Waals surface area contributed by atoms with E-state index in [1.807, 2.05) is 0 Å². The first-order valence-corrected chi connectivity index (χ1v) is 9.53. The Morgan fingerprint density at radius 1 is 1.08 bits per heavy atom. The van der Waals surface area contributed by atoms with Crippen molar-refractivity contribution >= 4 is 23.8 Å². The number of para-hydroxylation sites is 1. The first kappa shape index (κ1) is 19.2. The lowest BCUT2D eigenvalue weighted by atomic mass is 9.90. The summed E-state index contributed by atoms with van der Waals surface area (Å²) in [4.78, 5) is 2.37. The molecule has 2 aromatic rings. The van der Waals surface area contributed by atoms with Crippen molar-refractivity contribution < 1.29 is 4.74 Å². The van der Waals surface area contributed by atoms with E-state index in [0.29, 0.717) is 6.04 Å². The van der Waals surface area contributed by atoms with Gasteiger partial charge in [0.1, 0.15) is 0 Å². The molecule has 2 aliphatic rings. The van der Waals surface area contributed by atoms with E-state index in [4.69, 9.17) is 4.74 Å². The Morgan fingerprint density at radius 3 is 2.62 bits per heavy atom. The molecular weight excluding hydrogens is 344 g/mol. The maximum absolute atomic E-state index is 5.36. The van der Waals surface area contributed by atoms with Gasteiger partial charge in [0.25, 0.3) is 0 Å². The molecule has 0 saturated heterocycles. The Labute approximate surface area is 163 Å². The third-order valence-corrected chi connectivity index (χ3v) is 5.45. The average Bonchev–Trinajstić information content (AvgIpc) is 3.47. The van der Waals surface area contributed by atoms with Crippen LogP contribution in [0.4, 0.5) is 11.4 Å². The van der Waals surface area contributed by atoms with Gasteiger partial charge in [0, 0.05) is 31.1 Å². The second-order valence-electron chi connectivity index (χ2n) is 7.30. The summed E-state index contributed by atoms with van der Waals surface area (Å²) in [5, 5.41) is 3.75. The number of nitrogens with one attached hydrogen (secondary N) is 1. The lowest BCUT2D eigenvalue weighted by molar-refractivity contribution is 0.207. The van der Waals surface area contributed by atoms with E-state index in [2.05, 4.69) is 58.7 Å². The number of benzene rings is 2. The van der Waals surface area contributed by atoms with Crippen LogP contribution in [0.25, 0.3) is 0 Å². The summed E-state index contributed by atoms with van der Waals surface area (Å²) >= 11 is 0. The van der Waals surface area contributed by atoms with Crippen LogP contribution in [0, 0.1) is 5.92 Å². The number of fused-ring (bicyclic) bond motifs is 1. The normalized spacial score (nSPS) is 18.7.